The fourth-order valence-corrected chi connectivity index (χ4v) is 8.38. The first kappa shape index (κ1) is 61.9. The van der Waals surface area contributed by atoms with Gasteiger partial charge in [-0.05, 0) is 64.2 Å². The Labute approximate surface area is 398 Å². The Kier molecular flexibility index (Phi) is 51.7. The smallest absolute Gasteiger partial charge is 0.306 e. The van der Waals surface area contributed by atoms with Gasteiger partial charge in [0.25, 0.3) is 0 Å². The van der Waals surface area contributed by atoms with Crippen molar-refractivity contribution in [1.82, 2.24) is 0 Å². The molecule has 0 saturated heterocycles. The largest absolute Gasteiger partial charge is 0.462 e. The van der Waals surface area contributed by atoms with E-state index in [4.69, 9.17) is 14.2 Å². The topological polar surface area (TPSA) is 78.9 Å². The molecule has 0 aromatic heterocycles. The Morgan fingerprint density at radius 1 is 0.297 bits per heavy atom. The zero-order valence-electron chi connectivity index (χ0n) is 43.1. The van der Waals surface area contributed by atoms with Crippen LogP contribution >= 0.6 is 0 Å². The van der Waals surface area contributed by atoms with Crippen LogP contribution in [0.25, 0.3) is 0 Å². The third-order valence-corrected chi connectivity index (χ3v) is 12.7. The van der Waals surface area contributed by atoms with Crippen LogP contribution in [0.1, 0.15) is 310 Å². The molecule has 0 aliphatic carbocycles. The molecule has 0 N–H and O–H groups in total. The second kappa shape index (κ2) is 53.5. The lowest BCUT2D eigenvalue weighted by atomic mass is 10.0. The Morgan fingerprint density at radius 3 is 0.844 bits per heavy atom. The van der Waals surface area contributed by atoms with Gasteiger partial charge < -0.3 is 14.2 Å². The fourth-order valence-electron chi connectivity index (χ4n) is 8.38. The number of carbonyl (C=O) groups is 3. The summed E-state index contributed by atoms with van der Waals surface area (Å²) in [7, 11) is 0. The van der Waals surface area contributed by atoms with Gasteiger partial charge in [0.1, 0.15) is 13.2 Å². The fraction of sp³-hybridized carbons (Fsp3) is 0.879. The van der Waals surface area contributed by atoms with Gasteiger partial charge in [-0.2, -0.15) is 0 Å². The summed E-state index contributed by atoms with van der Waals surface area (Å²) in [5.74, 6) is -0.867. The Balaban J connectivity index is 4.12. The molecule has 0 aromatic carbocycles. The van der Waals surface area contributed by atoms with Gasteiger partial charge in [-0.25, -0.2) is 0 Å². The first-order chi connectivity index (χ1) is 31.5. The van der Waals surface area contributed by atoms with Crippen molar-refractivity contribution < 1.29 is 28.6 Å². The average molecular weight is 901 g/mol. The van der Waals surface area contributed by atoms with E-state index in [9.17, 15) is 14.4 Å². The number of carbonyl (C=O) groups excluding carboxylic acids is 3. The molecule has 6 heteroatoms. The van der Waals surface area contributed by atoms with Crippen LogP contribution in [-0.2, 0) is 28.6 Å². The van der Waals surface area contributed by atoms with Gasteiger partial charge in [0.2, 0.25) is 0 Å². The van der Waals surface area contributed by atoms with E-state index in [0.717, 1.165) is 70.6 Å². The number of unbranched alkanes of at least 4 members (excludes halogenated alkanes) is 37. The van der Waals surface area contributed by atoms with Crippen LogP contribution in [-0.4, -0.2) is 37.2 Å². The van der Waals surface area contributed by atoms with E-state index in [1.165, 1.54) is 199 Å². The van der Waals surface area contributed by atoms with Crippen molar-refractivity contribution in [3.8, 4) is 0 Å². The van der Waals surface area contributed by atoms with Crippen molar-refractivity contribution in [3.05, 3.63) is 24.3 Å². The first-order valence-electron chi connectivity index (χ1n) is 28.3. The van der Waals surface area contributed by atoms with Gasteiger partial charge in [-0.15, -0.1) is 0 Å². The molecule has 64 heavy (non-hydrogen) atoms. The van der Waals surface area contributed by atoms with Crippen LogP contribution in [0, 0.1) is 0 Å². The molecule has 1 atom stereocenters. The molecule has 0 amide bonds. The minimum Gasteiger partial charge on any atom is -0.462 e. The van der Waals surface area contributed by atoms with Crippen molar-refractivity contribution in [3.63, 3.8) is 0 Å². The molecule has 0 saturated carbocycles. The summed E-state index contributed by atoms with van der Waals surface area (Å²) in [6.45, 7) is 6.60. The van der Waals surface area contributed by atoms with Gasteiger partial charge in [0, 0.05) is 19.3 Å². The van der Waals surface area contributed by atoms with E-state index < -0.39 is 6.10 Å². The third-order valence-electron chi connectivity index (χ3n) is 12.7. The summed E-state index contributed by atoms with van der Waals surface area (Å²) in [6.07, 6.45) is 61.9. The normalized spacial score (nSPS) is 12.1. The van der Waals surface area contributed by atoms with E-state index >= 15 is 0 Å². The van der Waals surface area contributed by atoms with E-state index in [1.54, 1.807) is 0 Å². The highest BCUT2D eigenvalue weighted by Crippen LogP contribution is 2.16. The Hall–Kier alpha value is -2.11. The lowest BCUT2D eigenvalue weighted by Crippen LogP contribution is -2.30. The highest BCUT2D eigenvalue weighted by molar-refractivity contribution is 5.71. The second-order valence-corrected chi connectivity index (χ2v) is 19.2. The lowest BCUT2D eigenvalue weighted by Gasteiger charge is -2.18. The standard InChI is InChI=1S/C58H108O6/c1-4-7-10-13-16-19-22-23-24-25-26-27-28-29-30-31-32-33-34-35-37-39-42-45-48-51-57(60)63-54-55(53-62-56(59)50-47-44-41-38-21-18-15-12-9-6-3)64-58(61)52-49-46-43-40-36-20-17-14-11-8-5-2/h12,15,25-26,55H,4-11,13-14,16-24,27-54H2,1-3H3/b15-12-,26-25-. The summed E-state index contributed by atoms with van der Waals surface area (Å²) in [4.78, 5) is 37.9. The quantitative estimate of drug-likeness (QED) is 0.0262. The molecule has 0 aromatic rings. The summed E-state index contributed by atoms with van der Waals surface area (Å²) in [6, 6.07) is 0. The molecule has 0 spiro atoms. The van der Waals surface area contributed by atoms with Crippen LogP contribution in [0.2, 0.25) is 0 Å². The third kappa shape index (κ3) is 50.9. The highest BCUT2D eigenvalue weighted by atomic mass is 16.6. The minimum atomic E-state index is -0.768. The number of rotatable bonds is 52. The van der Waals surface area contributed by atoms with Crippen LogP contribution in [0.5, 0.6) is 0 Å². The number of hydrogen-bond donors (Lipinski definition) is 0. The van der Waals surface area contributed by atoms with Gasteiger partial charge in [-0.1, -0.05) is 251 Å². The summed E-state index contributed by atoms with van der Waals surface area (Å²) >= 11 is 0. The number of ether oxygens (including phenoxy) is 3. The molecule has 0 bridgehead atoms. The Morgan fingerprint density at radius 2 is 0.547 bits per heavy atom. The van der Waals surface area contributed by atoms with E-state index in [1.807, 2.05) is 0 Å². The number of esters is 3. The van der Waals surface area contributed by atoms with E-state index in [0.29, 0.717) is 19.3 Å². The van der Waals surface area contributed by atoms with Crippen LogP contribution in [0.15, 0.2) is 24.3 Å². The van der Waals surface area contributed by atoms with E-state index in [-0.39, 0.29) is 31.1 Å². The lowest BCUT2D eigenvalue weighted by molar-refractivity contribution is -0.167. The average Bonchev–Trinajstić information content (AvgIpc) is 3.29. The van der Waals surface area contributed by atoms with Crippen molar-refractivity contribution in [2.45, 2.75) is 316 Å². The van der Waals surface area contributed by atoms with Gasteiger partial charge in [0.05, 0.1) is 0 Å². The van der Waals surface area contributed by atoms with Crippen molar-refractivity contribution in [1.29, 1.82) is 0 Å². The maximum absolute atomic E-state index is 12.8. The second-order valence-electron chi connectivity index (χ2n) is 19.2. The minimum absolute atomic E-state index is 0.0698. The van der Waals surface area contributed by atoms with E-state index in [2.05, 4.69) is 45.1 Å². The van der Waals surface area contributed by atoms with Crippen molar-refractivity contribution >= 4 is 17.9 Å². The predicted molar refractivity (Wildman–Crippen MR) is 275 cm³/mol. The number of hydrogen-bond acceptors (Lipinski definition) is 6. The zero-order chi connectivity index (χ0) is 46.5. The molecular formula is C58H108O6. The van der Waals surface area contributed by atoms with Crippen LogP contribution in [0.4, 0.5) is 0 Å². The molecule has 0 aliphatic heterocycles. The monoisotopic (exact) mass is 901 g/mol. The molecule has 0 radical (unpaired) electrons. The molecule has 1 unspecified atom stereocenters. The molecule has 376 valence electrons. The highest BCUT2D eigenvalue weighted by Gasteiger charge is 2.19. The molecule has 6 nitrogen and oxygen atoms in total. The Bertz CT molecular complexity index is 1040. The van der Waals surface area contributed by atoms with Gasteiger partial charge in [0.15, 0.2) is 6.10 Å². The van der Waals surface area contributed by atoms with Crippen molar-refractivity contribution in [2.75, 3.05) is 13.2 Å². The molecule has 0 heterocycles. The summed E-state index contributed by atoms with van der Waals surface area (Å²) < 4.78 is 16.8. The van der Waals surface area contributed by atoms with Gasteiger partial charge in [-0.3, -0.25) is 14.4 Å². The van der Waals surface area contributed by atoms with Crippen LogP contribution < -0.4 is 0 Å². The molecule has 0 rings (SSSR count). The van der Waals surface area contributed by atoms with Gasteiger partial charge >= 0.3 is 17.9 Å². The maximum atomic E-state index is 12.8. The SMILES string of the molecule is CCC/C=C\CCCCCCCC(=O)OCC(COC(=O)CCCCCCCCCCCCCCC/C=C\CCCCCCCCCC)OC(=O)CCCCCCCCCCCCC. The molecule has 0 fully saturated rings. The number of allylic oxidation sites excluding steroid dienone is 4. The molecular weight excluding hydrogens is 793 g/mol. The first-order valence-corrected chi connectivity index (χ1v) is 28.3. The van der Waals surface area contributed by atoms with Crippen molar-refractivity contribution in [2.24, 2.45) is 0 Å². The predicted octanol–water partition coefficient (Wildman–Crippen LogP) is 18.7. The summed E-state index contributed by atoms with van der Waals surface area (Å²) in [5.41, 5.74) is 0. The van der Waals surface area contributed by atoms with Crippen LogP contribution in [0.3, 0.4) is 0 Å². The summed E-state index contributed by atoms with van der Waals surface area (Å²) in [5, 5.41) is 0. The maximum Gasteiger partial charge on any atom is 0.306 e. The molecule has 0 aliphatic rings. The zero-order valence-corrected chi connectivity index (χ0v) is 43.1.